The molecule has 0 aromatic carbocycles. The molecule has 0 bridgehead atoms. The molecule has 1 N–H and O–H groups in total. The molecule has 0 atom stereocenters. The van der Waals surface area contributed by atoms with Crippen LogP contribution in [0.2, 0.25) is 0 Å². The molecule has 0 spiro atoms. The maximum Gasteiger partial charge on any atom is 0.343 e. The van der Waals surface area contributed by atoms with E-state index in [1.54, 1.807) is 13.1 Å². The minimum absolute atomic E-state index is 0.125. The largest absolute Gasteiger partial charge is 0.477 e. The zero-order valence-corrected chi connectivity index (χ0v) is 6.31. The third-order valence-corrected chi connectivity index (χ3v) is 1.64. The van der Waals surface area contributed by atoms with Gasteiger partial charge in [-0.3, -0.25) is 0 Å². The maximum atomic E-state index is 10.7. The molecule has 0 fully saturated rings. The highest BCUT2D eigenvalue weighted by atomic mass is 16.4. The summed E-state index contributed by atoms with van der Waals surface area (Å²) in [7, 11) is 0. The second-order valence-electron chi connectivity index (χ2n) is 2.42. The van der Waals surface area contributed by atoms with Crippen molar-refractivity contribution < 1.29 is 14.3 Å². The van der Waals surface area contributed by atoms with Crippen LogP contribution in [0.4, 0.5) is 0 Å². The molecule has 2 aromatic heterocycles. The van der Waals surface area contributed by atoms with E-state index in [4.69, 9.17) is 9.52 Å². The lowest BCUT2D eigenvalue weighted by Gasteiger charge is -1.86. The van der Waals surface area contributed by atoms with Crippen LogP contribution in [-0.4, -0.2) is 20.7 Å². The van der Waals surface area contributed by atoms with E-state index in [9.17, 15) is 4.79 Å². The first-order chi connectivity index (χ1) is 5.70. The molecule has 0 radical (unpaired) electrons. The molecule has 5 nitrogen and oxygen atoms in total. The lowest BCUT2D eigenvalue weighted by Crippen LogP contribution is -1.96. The minimum atomic E-state index is -1.02. The number of aromatic nitrogens is 2. The Labute approximate surface area is 67.2 Å². The van der Waals surface area contributed by atoms with Gasteiger partial charge < -0.3 is 9.52 Å². The highest BCUT2D eigenvalue weighted by molar-refractivity contribution is 5.95. The van der Waals surface area contributed by atoms with Crippen LogP contribution in [0, 0.1) is 6.92 Å². The second-order valence-corrected chi connectivity index (χ2v) is 2.42. The first kappa shape index (κ1) is 6.90. The molecule has 12 heavy (non-hydrogen) atoms. The summed E-state index contributed by atoms with van der Waals surface area (Å²) in [5, 5.41) is 12.7. The third kappa shape index (κ3) is 0.730. The van der Waals surface area contributed by atoms with Gasteiger partial charge in [-0.2, -0.15) is 5.10 Å². The van der Waals surface area contributed by atoms with E-state index in [2.05, 4.69) is 5.10 Å². The molecule has 0 aliphatic rings. The summed E-state index contributed by atoms with van der Waals surface area (Å²) >= 11 is 0. The number of carboxylic acid groups (broad SMARTS) is 1. The van der Waals surface area contributed by atoms with Crippen LogP contribution in [0.5, 0.6) is 0 Å². The fraction of sp³-hybridized carbons (Fsp3) is 0.143. The predicted molar refractivity (Wildman–Crippen MR) is 39.2 cm³/mol. The van der Waals surface area contributed by atoms with Gasteiger partial charge in [0.05, 0.1) is 11.9 Å². The van der Waals surface area contributed by atoms with Gasteiger partial charge in [-0.25, -0.2) is 9.31 Å². The number of aromatic carboxylic acids is 1. The first-order valence-electron chi connectivity index (χ1n) is 3.36. The van der Waals surface area contributed by atoms with Crippen molar-refractivity contribution >= 4 is 11.7 Å². The van der Waals surface area contributed by atoms with Crippen molar-refractivity contribution in [2.24, 2.45) is 0 Å². The molecule has 62 valence electrons. The van der Waals surface area contributed by atoms with Crippen molar-refractivity contribution in [3.63, 3.8) is 0 Å². The summed E-state index contributed by atoms with van der Waals surface area (Å²) in [5.74, 6) is -1.02. The Morgan fingerprint density at radius 3 is 3.17 bits per heavy atom. The van der Waals surface area contributed by atoms with Gasteiger partial charge in [-0.05, 0) is 6.92 Å². The van der Waals surface area contributed by atoms with Crippen LogP contribution in [0.3, 0.4) is 0 Å². The Bertz CT molecular complexity index is 440. The van der Waals surface area contributed by atoms with Gasteiger partial charge in [0.2, 0.25) is 5.71 Å². The van der Waals surface area contributed by atoms with E-state index in [0.717, 1.165) is 0 Å². The molecule has 0 saturated heterocycles. The minimum Gasteiger partial charge on any atom is -0.477 e. The van der Waals surface area contributed by atoms with Crippen molar-refractivity contribution in [1.29, 1.82) is 0 Å². The van der Waals surface area contributed by atoms with E-state index in [1.807, 2.05) is 0 Å². The lowest BCUT2D eigenvalue weighted by atomic mass is 10.3. The van der Waals surface area contributed by atoms with Gasteiger partial charge in [0.1, 0.15) is 11.8 Å². The van der Waals surface area contributed by atoms with E-state index >= 15 is 0 Å². The molecular formula is C7H6N2O3. The number of rotatable bonds is 1. The van der Waals surface area contributed by atoms with Gasteiger partial charge in [-0.15, -0.1) is 0 Å². The molecule has 2 heterocycles. The summed E-state index contributed by atoms with van der Waals surface area (Å²) in [6.07, 6.45) is 2.96. The smallest absolute Gasteiger partial charge is 0.343 e. The predicted octanol–water partition coefficient (Wildman–Crippen LogP) is 0.934. The van der Waals surface area contributed by atoms with E-state index < -0.39 is 5.97 Å². The summed E-state index contributed by atoms with van der Waals surface area (Å²) in [6, 6.07) is 0. The van der Waals surface area contributed by atoms with E-state index in [-0.39, 0.29) is 11.3 Å². The number of oxazole rings is 1. The number of carbonyl (C=O) groups is 1. The Morgan fingerprint density at radius 1 is 1.75 bits per heavy atom. The average molecular weight is 166 g/mol. The molecule has 0 unspecified atom stereocenters. The summed E-state index contributed by atoms with van der Waals surface area (Å²) in [4.78, 5) is 10.7. The van der Waals surface area contributed by atoms with Crippen molar-refractivity contribution in [3.05, 3.63) is 23.7 Å². The lowest BCUT2D eigenvalue weighted by molar-refractivity contribution is 0.0697. The molecule has 0 saturated carbocycles. The maximum absolute atomic E-state index is 10.7. The van der Waals surface area contributed by atoms with Gasteiger partial charge in [0, 0.05) is 0 Å². The molecule has 0 aliphatic carbocycles. The van der Waals surface area contributed by atoms with Crippen molar-refractivity contribution in [2.45, 2.75) is 6.92 Å². The Hall–Kier alpha value is -1.78. The van der Waals surface area contributed by atoms with Crippen molar-refractivity contribution in [2.75, 3.05) is 0 Å². The standard InChI is InChI=1S/C7H6N2O3/c1-4-5(7(10)11)6-9(8-4)2-3-12-6/h2-3H,1H3,(H,10,11). The number of aryl methyl sites for hydroxylation is 1. The Balaban J connectivity index is 2.84. The van der Waals surface area contributed by atoms with E-state index in [0.29, 0.717) is 5.69 Å². The summed E-state index contributed by atoms with van der Waals surface area (Å²) in [5.41, 5.74) is 0.863. The SMILES string of the molecule is Cc1nn2ccoc2c1C(=O)O. The zero-order chi connectivity index (χ0) is 8.72. The number of hydrogen-bond acceptors (Lipinski definition) is 3. The second kappa shape index (κ2) is 2.10. The number of nitrogens with zero attached hydrogens (tertiary/aromatic N) is 2. The molecule has 2 rings (SSSR count). The van der Waals surface area contributed by atoms with Crippen LogP contribution in [-0.2, 0) is 0 Å². The summed E-state index contributed by atoms with van der Waals surface area (Å²) < 4.78 is 6.35. The molecular weight excluding hydrogens is 160 g/mol. The van der Waals surface area contributed by atoms with Gasteiger partial charge >= 0.3 is 5.97 Å². The first-order valence-corrected chi connectivity index (χ1v) is 3.36. The van der Waals surface area contributed by atoms with Crippen molar-refractivity contribution in [1.82, 2.24) is 9.61 Å². The highest BCUT2D eigenvalue weighted by Crippen LogP contribution is 2.14. The molecule has 0 amide bonds. The average Bonchev–Trinajstić information content (AvgIpc) is 2.44. The zero-order valence-electron chi connectivity index (χ0n) is 6.31. The fourth-order valence-corrected chi connectivity index (χ4v) is 1.14. The van der Waals surface area contributed by atoms with Crippen LogP contribution in [0.1, 0.15) is 16.1 Å². The number of hydrogen-bond donors (Lipinski definition) is 1. The summed E-state index contributed by atoms with van der Waals surface area (Å²) in [6.45, 7) is 1.63. The monoisotopic (exact) mass is 166 g/mol. The van der Waals surface area contributed by atoms with Gasteiger partial charge in [0.15, 0.2) is 0 Å². The highest BCUT2D eigenvalue weighted by Gasteiger charge is 2.17. The van der Waals surface area contributed by atoms with Gasteiger partial charge in [0.25, 0.3) is 0 Å². The van der Waals surface area contributed by atoms with Crippen LogP contribution < -0.4 is 0 Å². The quantitative estimate of drug-likeness (QED) is 0.684. The molecule has 0 aliphatic heterocycles. The van der Waals surface area contributed by atoms with E-state index in [1.165, 1.54) is 10.8 Å². The molecule has 2 aromatic rings. The molecule has 5 heteroatoms. The van der Waals surface area contributed by atoms with Crippen LogP contribution in [0.25, 0.3) is 5.71 Å². The third-order valence-electron chi connectivity index (χ3n) is 1.64. The normalized spacial score (nSPS) is 10.8. The van der Waals surface area contributed by atoms with Crippen LogP contribution >= 0.6 is 0 Å². The topological polar surface area (TPSA) is 67.7 Å². The number of carboxylic acids is 1. The van der Waals surface area contributed by atoms with Crippen LogP contribution in [0.15, 0.2) is 16.9 Å². The van der Waals surface area contributed by atoms with Gasteiger partial charge in [-0.1, -0.05) is 0 Å². The fourth-order valence-electron chi connectivity index (χ4n) is 1.14. The number of fused-ring (bicyclic) bond motifs is 1. The Kier molecular flexibility index (Phi) is 1.21. The Morgan fingerprint density at radius 2 is 2.50 bits per heavy atom. The van der Waals surface area contributed by atoms with Crippen molar-refractivity contribution in [3.8, 4) is 0 Å².